The van der Waals surface area contributed by atoms with Crippen LogP contribution in [0.4, 0.5) is 0 Å². The van der Waals surface area contributed by atoms with Crippen molar-refractivity contribution in [1.29, 1.82) is 0 Å². The predicted octanol–water partition coefficient (Wildman–Crippen LogP) is 1.49. The first-order chi connectivity index (χ1) is 7.25. The number of rotatable bonds is 3. The molecule has 3 nitrogen and oxygen atoms in total. The Kier molecular flexibility index (Phi) is 5.20. The van der Waals surface area contributed by atoms with Crippen molar-refractivity contribution >= 4 is 5.97 Å². The zero-order valence-electron chi connectivity index (χ0n) is 9.16. The minimum atomic E-state index is -0.852. The van der Waals surface area contributed by atoms with Crippen molar-refractivity contribution in [2.24, 2.45) is 5.92 Å². The van der Waals surface area contributed by atoms with Crippen molar-refractivity contribution in [3.05, 3.63) is 0 Å². The van der Waals surface area contributed by atoms with Crippen molar-refractivity contribution in [2.75, 3.05) is 6.61 Å². The van der Waals surface area contributed by atoms with Gasteiger partial charge in [0.2, 0.25) is 0 Å². The predicted molar refractivity (Wildman–Crippen MR) is 57.0 cm³/mol. The van der Waals surface area contributed by atoms with Gasteiger partial charge >= 0.3 is 5.97 Å². The molecule has 0 amide bonds. The number of hydrogen-bond donors (Lipinski definition) is 1. The SMILES string of the molecule is CCCCC#C[C@H](O)[C@H]1CCCOC1=O. The normalized spacial score (nSPS) is 22.5. The maximum Gasteiger partial charge on any atom is 0.312 e. The third-order valence-electron chi connectivity index (χ3n) is 2.49. The summed E-state index contributed by atoms with van der Waals surface area (Å²) in [6.07, 6.45) is 3.57. The number of ether oxygens (including phenoxy) is 1. The molecule has 1 saturated heterocycles. The summed E-state index contributed by atoms with van der Waals surface area (Å²) in [6, 6.07) is 0. The first-order valence-electron chi connectivity index (χ1n) is 5.58. The van der Waals surface area contributed by atoms with Crippen molar-refractivity contribution < 1.29 is 14.6 Å². The lowest BCUT2D eigenvalue weighted by Crippen LogP contribution is -2.32. The molecule has 0 saturated carbocycles. The lowest BCUT2D eigenvalue weighted by atomic mass is 9.95. The number of hydrogen-bond acceptors (Lipinski definition) is 3. The van der Waals surface area contributed by atoms with Crippen molar-refractivity contribution in [3.63, 3.8) is 0 Å². The van der Waals surface area contributed by atoms with Crippen LogP contribution in [0.1, 0.15) is 39.0 Å². The highest BCUT2D eigenvalue weighted by molar-refractivity contribution is 5.74. The monoisotopic (exact) mass is 210 g/mol. The van der Waals surface area contributed by atoms with E-state index in [1.165, 1.54) is 0 Å². The average molecular weight is 210 g/mol. The minimum Gasteiger partial charge on any atom is -0.465 e. The van der Waals surface area contributed by atoms with Gasteiger partial charge in [-0.05, 0) is 19.3 Å². The fraction of sp³-hybridized carbons (Fsp3) is 0.750. The standard InChI is InChI=1S/C12H18O3/c1-2-3-4-5-8-11(13)10-7-6-9-15-12(10)14/h10-11,13H,2-4,6-7,9H2,1H3/t10-,11+/m1/s1. The van der Waals surface area contributed by atoms with Gasteiger partial charge < -0.3 is 9.84 Å². The largest absolute Gasteiger partial charge is 0.465 e. The molecule has 0 aliphatic carbocycles. The Morgan fingerprint density at radius 2 is 2.47 bits per heavy atom. The third-order valence-corrected chi connectivity index (χ3v) is 2.49. The molecule has 1 N–H and O–H groups in total. The van der Waals surface area contributed by atoms with Crippen LogP contribution in [0.3, 0.4) is 0 Å². The molecule has 0 unspecified atom stereocenters. The summed E-state index contributed by atoms with van der Waals surface area (Å²) in [5, 5.41) is 9.67. The molecule has 15 heavy (non-hydrogen) atoms. The van der Waals surface area contributed by atoms with Crippen LogP contribution in [0.2, 0.25) is 0 Å². The van der Waals surface area contributed by atoms with Crippen molar-refractivity contribution in [3.8, 4) is 11.8 Å². The highest BCUT2D eigenvalue weighted by Gasteiger charge is 2.29. The van der Waals surface area contributed by atoms with Gasteiger partial charge in [-0.1, -0.05) is 19.3 Å². The Labute approximate surface area is 90.8 Å². The van der Waals surface area contributed by atoms with Gasteiger partial charge in [-0.25, -0.2) is 0 Å². The molecule has 0 radical (unpaired) electrons. The topological polar surface area (TPSA) is 46.5 Å². The van der Waals surface area contributed by atoms with E-state index in [2.05, 4.69) is 18.8 Å². The summed E-state index contributed by atoms with van der Waals surface area (Å²) in [6.45, 7) is 2.57. The van der Waals surface area contributed by atoms with Crippen LogP contribution in [0.5, 0.6) is 0 Å². The highest BCUT2D eigenvalue weighted by Crippen LogP contribution is 2.18. The lowest BCUT2D eigenvalue weighted by Gasteiger charge is -2.22. The molecule has 1 heterocycles. The molecule has 0 aromatic rings. The molecule has 2 atom stereocenters. The smallest absolute Gasteiger partial charge is 0.312 e. The van der Waals surface area contributed by atoms with E-state index in [9.17, 15) is 9.90 Å². The van der Waals surface area contributed by atoms with Gasteiger partial charge in [-0.15, -0.1) is 5.92 Å². The maximum absolute atomic E-state index is 11.3. The van der Waals surface area contributed by atoms with Crippen LogP contribution >= 0.6 is 0 Å². The summed E-state index contributed by atoms with van der Waals surface area (Å²) in [5.74, 6) is 4.87. The zero-order chi connectivity index (χ0) is 11.1. The summed E-state index contributed by atoms with van der Waals surface area (Å²) in [4.78, 5) is 11.3. The molecule has 0 aromatic carbocycles. The van der Waals surface area contributed by atoms with E-state index < -0.39 is 12.0 Å². The number of esters is 1. The average Bonchev–Trinajstić information content (AvgIpc) is 2.25. The molecule has 3 heteroatoms. The van der Waals surface area contributed by atoms with E-state index >= 15 is 0 Å². The van der Waals surface area contributed by atoms with Gasteiger partial charge in [0.25, 0.3) is 0 Å². The van der Waals surface area contributed by atoms with Crippen LogP contribution in [-0.2, 0) is 9.53 Å². The van der Waals surface area contributed by atoms with Gasteiger partial charge in [-0.3, -0.25) is 4.79 Å². The first-order valence-corrected chi connectivity index (χ1v) is 5.58. The molecule has 1 fully saturated rings. The van der Waals surface area contributed by atoms with Gasteiger partial charge in [0.1, 0.15) is 6.10 Å². The fourth-order valence-electron chi connectivity index (χ4n) is 1.53. The van der Waals surface area contributed by atoms with Crippen LogP contribution in [0.25, 0.3) is 0 Å². The Morgan fingerprint density at radius 3 is 3.13 bits per heavy atom. The van der Waals surface area contributed by atoms with E-state index in [0.717, 1.165) is 25.7 Å². The van der Waals surface area contributed by atoms with Crippen LogP contribution in [-0.4, -0.2) is 23.8 Å². The van der Waals surface area contributed by atoms with Gasteiger partial charge in [0.05, 0.1) is 12.5 Å². The molecule has 0 spiro atoms. The summed E-state index contributed by atoms with van der Waals surface area (Å²) in [7, 11) is 0. The second kappa shape index (κ2) is 6.47. The van der Waals surface area contributed by atoms with E-state index in [0.29, 0.717) is 13.0 Å². The molecule has 1 rings (SSSR count). The quantitative estimate of drug-likeness (QED) is 0.436. The molecule has 84 valence electrons. The number of carbonyl (C=O) groups is 1. The molecule has 1 aliphatic heterocycles. The fourth-order valence-corrected chi connectivity index (χ4v) is 1.53. The Balaban J connectivity index is 2.39. The lowest BCUT2D eigenvalue weighted by molar-refractivity contribution is -0.156. The molecular formula is C12H18O3. The van der Waals surface area contributed by atoms with Gasteiger partial charge in [-0.2, -0.15) is 0 Å². The molecule has 1 aliphatic rings. The van der Waals surface area contributed by atoms with E-state index in [1.54, 1.807) is 0 Å². The highest BCUT2D eigenvalue weighted by atomic mass is 16.5. The molecule has 0 bridgehead atoms. The zero-order valence-corrected chi connectivity index (χ0v) is 9.16. The number of aliphatic hydroxyl groups is 1. The first kappa shape index (κ1) is 12.1. The Hall–Kier alpha value is -1.01. The van der Waals surface area contributed by atoms with Gasteiger partial charge in [0, 0.05) is 6.42 Å². The van der Waals surface area contributed by atoms with E-state index in [-0.39, 0.29) is 5.97 Å². The van der Waals surface area contributed by atoms with E-state index in [1.807, 2.05) is 0 Å². The number of cyclic esters (lactones) is 1. The number of carbonyl (C=O) groups excluding carboxylic acids is 1. The summed E-state index contributed by atoms with van der Waals surface area (Å²) in [5.41, 5.74) is 0. The summed E-state index contributed by atoms with van der Waals surface area (Å²) < 4.78 is 4.87. The van der Waals surface area contributed by atoms with E-state index in [4.69, 9.17) is 4.74 Å². The van der Waals surface area contributed by atoms with Crippen molar-refractivity contribution in [1.82, 2.24) is 0 Å². The maximum atomic E-state index is 11.3. The van der Waals surface area contributed by atoms with Crippen LogP contribution < -0.4 is 0 Å². The van der Waals surface area contributed by atoms with Gasteiger partial charge in [0.15, 0.2) is 0 Å². The minimum absolute atomic E-state index is 0.307. The Bertz CT molecular complexity index is 262. The summed E-state index contributed by atoms with van der Waals surface area (Å²) >= 11 is 0. The Morgan fingerprint density at radius 1 is 1.67 bits per heavy atom. The molecule has 0 aromatic heterocycles. The molecular weight excluding hydrogens is 192 g/mol. The second-order valence-electron chi connectivity index (χ2n) is 3.79. The number of aliphatic hydroxyl groups excluding tert-OH is 1. The van der Waals surface area contributed by atoms with Crippen LogP contribution in [0.15, 0.2) is 0 Å². The van der Waals surface area contributed by atoms with Crippen LogP contribution in [0, 0.1) is 17.8 Å². The third kappa shape index (κ3) is 3.93. The second-order valence-corrected chi connectivity index (χ2v) is 3.79. The number of unbranched alkanes of at least 4 members (excludes halogenated alkanes) is 2. The van der Waals surface area contributed by atoms with Crippen molar-refractivity contribution in [2.45, 2.75) is 45.1 Å².